The Hall–Kier alpha value is -4.02. The summed E-state index contributed by atoms with van der Waals surface area (Å²) in [7, 11) is 0. The molecule has 2 saturated heterocycles. The summed E-state index contributed by atoms with van der Waals surface area (Å²) in [6.07, 6.45) is 3.36. The van der Waals surface area contributed by atoms with Crippen LogP contribution in [0.5, 0.6) is 0 Å². The highest BCUT2D eigenvalue weighted by atomic mass is 16.1. The molecule has 0 amide bonds. The van der Waals surface area contributed by atoms with Gasteiger partial charge >= 0.3 is 0 Å². The Morgan fingerprint density at radius 1 is 0.763 bits per heavy atom. The first-order valence-electron chi connectivity index (χ1n) is 13.8. The van der Waals surface area contributed by atoms with Crippen molar-refractivity contribution in [2.24, 2.45) is 0 Å². The van der Waals surface area contributed by atoms with Crippen LogP contribution in [0.15, 0.2) is 114 Å². The number of rotatable bonds is 2. The fraction of sp³-hybridized carbons (Fsp3) is 0.235. The molecular formula is C34H27N3O. The molecule has 9 rings (SSSR count). The van der Waals surface area contributed by atoms with Crippen molar-refractivity contribution in [3.8, 4) is 5.69 Å². The standard InChI is InChI=1S/C34H27N3O/c38-30-25-16-7-9-18-27(25)35-31-34(26-17-8-10-19-28(26)37(30)31)33(24-14-5-2-6-15-24)22-32(33,23-12-3-1-4-13-23)29-20-11-21-36(29)34/h1-10,12-19,29H,11,20-22H2/t29-,32+,33+,34+/m1/s1. The van der Waals surface area contributed by atoms with E-state index in [1.807, 2.05) is 28.8 Å². The highest BCUT2D eigenvalue weighted by Crippen LogP contribution is 2.84. The van der Waals surface area contributed by atoms with Crippen LogP contribution < -0.4 is 5.56 Å². The van der Waals surface area contributed by atoms with E-state index in [9.17, 15) is 4.79 Å². The number of hydrogen-bond acceptors (Lipinski definition) is 3. The molecule has 3 fully saturated rings. The molecule has 0 unspecified atom stereocenters. The summed E-state index contributed by atoms with van der Waals surface area (Å²) in [5, 5.41) is 0.679. The third-order valence-electron chi connectivity index (χ3n) is 10.2. The Morgan fingerprint density at radius 2 is 1.45 bits per heavy atom. The summed E-state index contributed by atoms with van der Waals surface area (Å²) >= 11 is 0. The van der Waals surface area contributed by atoms with Gasteiger partial charge in [0.25, 0.3) is 5.56 Å². The molecule has 3 aliphatic heterocycles. The molecule has 0 N–H and O–H groups in total. The van der Waals surface area contributed by atoms with Gasteiger partial charge < -0.3 is 0 Å². The molecule has 38 heavy (non-hydrogen) atoms. The zero-order valence-electron chi connectivity index (χ0n) is 21.0. The molecule has 4 heteroatoms. The van der Waals surface area contributed by atoms with E-state index in [-0.39, 0.29) is 16.4 Å². The first-order chi connectivity index (χ1) is 18.7. The van der Waals surface area contributed by atoms with Crippen molar-refractivity contribution < 1.29 is 0 Å². The maximum atomic E-state index is 14.2. The summed E-state index contributed by atoms with van der Waals surface area (Å²) in [5.74, 6) is 0.897. The molecule has 0 bridgehead atoms. The molecule has 1 aliphatic carbocycles. The Balaban J connectivity index is 1.49. The van der Waals surface area contributed by atoms with Crippen LogP contribution in [0.4, 0.5) is 0 Å². The average Bonchev–Trinajstić information content (AvgIpc) is 3.22. The van der Waals surface area contributed by atoms with E-state index in [1.165, 1.54) is 16.7 Å². The van der Waals surface area contributed by atoms with Crippen molar-refractivity contribution in [2.75, 3.05) is 6.54 Å². The second-order valence-electron chi connectivity index (χ2n) is 11.5. The Morgan fingerprint density at radius 3 is 2.26 bits per heavy atom. The minimum Gasteiger partial charge on any atom is -0.282 e. The summed E-state index contributed by atoms with van der Waals surface area (Å²) in [6.45, 7) is 1.00. The Bertz CT molecular complexity index is 1830. The van der Waals surface area contributed by atoms with Crippen molar-refractivity contribution in [3.05, 3.63) is 142 Å². The maximum Gasteiger partial charge on any atom is 0.266 e. The second-order valence-corrected chi connectivity index (χ2v) is 11.5. The predicted molar refractivity (Wildman–Crippen MR) is 149 cm³/mol. The van der Waals surface area contributed by atoms with Gasteiger partial charge in [0.2, 0.25) is 0 Å². The first-order valence-corrected chi connectivity index (χ1v) is 13.8. The van der Waals surface area contributed by atoms with Crippen LogP contribution in [0.2, 0.25) is 0 Å². The third kappa shape index (κ3) is 2.06. The maximum absolute atomic E-state index is 14.2. The molecule has 4 nitrogen and oxygen atoms in total. The third-order valence-corrected chi connectivity index (χ3v) is 10.2. The number of para-hydroxylation sites is 2. The van der Waals surface area contributed by atoms with Gasteiger partial charge in [0, 0.05) is 22.4 Å². The van der Waals surface area contributed by atoms with Crippen LogP contribution in [0.25, 0.3) is 16.6 Å². The molecule has 4 atom stereocenters. The smallest absolute Gasteiger partial charge is 0.266 e. The lowest BCUT2D eigenvalue weighted by Crippen LogP contribution is -2.52. The van der Waals surface area contributed by atoms with Crippen molar-refractivity contribution in [1.82, 2.24) is 14.5 Å². The van der Waals surface area contributed by atoms with Crippen molar-refractivity contribution in [2.45, 2.75) is 41.7 Å². The lowest BCUT2D eigenvalue weighted by atomic mass is 9.68. The van der Waals surface area contributed by atoms with E-state index in [2.05, 4.69) is 89.8 Å². The van der Waals surface area contributed by atoms with E-state index >= 15 is 0 Å². The van der Waals surface area contributed by atoms with Gasteiger partial charge in [-0.1, -0.05) is 91.0 Å². The van der Waals surface area contributed by atoms with Crippen LogP contribution in [0, 0.1) is 0 Å². The van der Waals surface area contributed by atoms with E-state index in [4.69, 9.17) is 4.98 Å². The van der Waals surface area contributed by atoms with E-state index in [1.54, 1.807) is 0 Å². The Labute approximate surface area is 221 Å². The largest absolute Gasteiger partial charge is 0.282 e. The van der Waals surface area contributed by atoms with Gasteiger partial charge in [-0.25, -0.2) is 4.98 Å². The fourth-order valence-corrected chi connectivity index (χ4v) is 9.12. The summed E-state index contributed by atoms with van der Waals surface area (Å²) in [5.41, 5.74) is 5.00. The summed E-state index contributed by atoms with van der Waals surface area (Å²) < 4.78 is 1.96. The highest BCUT2D eigenvalue weighted by Gasteiger charge is 2.89. The predicted octanol–water partition coefficient (Wildman–Crippen LogP) is 5.70. The van der Waals surface area contributed by atoms with Gasteiger partial charge in [-0.15, -0.1) is 0 Å². The highest BCUT2D eigenvalue weighted by molar-refractivity contribution is 5.80. The van der Waals surface area contributed by atoms with Crippen molar-refractivity contribution in [1.29, 1.82) is 0 Å². The number of piperidine rings is 1. The molecule has 4 heterocycles. The molecule has 1 aromatic heterocycles. The van der Waals surface area contributed by atoms with Gasteiger partial charge in [0.15, 0.2) is 0 Å². The van der Waals surface area contributed by atoms with Gasteiger partial charge in [0.05, 0.1) is 16.6 Å². The fourth-order valence-electron chi connectivity index (χ4n) is 9.12. The lowest BCUT2D eigenvalue weighted by molar-refractivity contribution is 0.116. The van der Waals surface area contributed by atoms with Gasteiger partial charge in [0.1, 0.15) is 11.4 Å². The minimum atomic E-state index is -0.523. The van der Waals surface area contributed by atoms with E-state index in [0.29, 0.717) is 11.4 Å². The molecule has 0 radical (unpaired) electrons. The number of aromatic nitrogens is 2. The van der Waals surface area contributed by atoms with Crippen LogP contribution in [-0.4, -0.2) is 27.0 Å². The SMILES string of the molecule is O=c1c2ccccc2nc2n1-c1ccccc1[C@]21N2CCC[C@@H]2[C@@]2(c3ccccc3)C[C@@]12c1ccccc1. The van der Waals surface area contributed by atoms with Crippen LogP contribution in [-0.2, 0) is 16.4 Å². The molecule has 4 aliphatic rings. The van der Waals surface area contributed by atoms with Crippen LogP contribution >= 0.6 is 0 Å². The topological polar surface area (TPSA) is 38.1 Å². The molecule has 1 saturated carbocycles. The zero-order chi connectivity index (χ0) is 25.1. The second kappa shape index (κ2) is 6.89. The van der Waals surface area contributed by atoms with Gasteiger partial charge in [-0.3, -0.25) is 14.3 Å². The minimum absolute atomic E-state index is 0.0340. The molecule has 184 valence electrons. The Kier molecular flexibility index (Phi) is 3.80. The number of benzene rings is 4. The van der Waals surface area contributed by atoms with Crippen LogP contribution in [0.3, 0.4) is 0 Å². The normalized spacial score (nSPS) is 30.3. The lowest BCUT2D eigenvalue weighted by Gasteiger charge is -2.43. The quantitative estimate of drug-likeness (QED) is 0.317. The molecule has 1 spiro atoms. The molecular weight excluding hydrogens is 466 g/mol. The number of fused-ring (bicyclic) bond motifs is 11. The van der Waals surface area contributed by atoms with Crippen LogP contribution in [0.1, 0.15) is 41.8 Å². The summed E-state index contributed by atoms with van der Waals surface area (Å²) in [6, 6.07) is 39.1. The molecule has 4 aromatic carbocycles. The molecule has 5 aromatic rings. The van der Waals surface area contributed by atoms with E-state index < -0.39 is 5.54 Å². The summed E-state index contributed by atoms with van der Waals surface area (Å²) in [4.78, 5) is 22.4. The monoisotopic (exact) mass is 493 g/mol. The first kappa shape index (κ1) is 21.0. The van der Waals surface area contributed by atoms with E-state index in [0.717, 1.165) is 42.8 Å². The zero-order valence-corrected chi connectivity index (χ0v) is 21.0. The number of nitrogens with zero attached hydrogens (tertiary/aromatic N) is 3. The van der Waals surface area contributed by atoms with Crippen molar-refractivity contribution >= 4 is 10.9 Å². The van der Waals surface area contributed by atoms with Gasteiger partial charge in [-0.05, 0) is 55.1 Å². The van der Waals surface area contributed by atoms with Crippen molar-refractivity contribution in [3.63, 3.8) is 0 Å². The number of hydrogen-bond donors (Lipinski definition) is 0. The average molecular weight is 494 g/mol. The van der Waals surface area contributed by atoms with Gasteiger partial charge in [-0.2, -0.15) is 0 Å².